The number of amides is 1. The summed E-state index contributed by atoms with van der Waals surface area (Å²) in [7, 11) is 1.39. The van der Waals surface area contributed by atoms with Gasteiger partial charge in [-0.2, -0.15) is 23.7 Å². The summed E-state index contributed by atoms with van der Waals surface area (Å²) in [4.78, 5) is 28.5. The molecule has 1 amide bonds. The number of benzene rings is 1. The highest BCUT2D eigenvalue weighted by atomic mass is 35.5. The number of halogens is 4. The van der Waals surface area contributed by atoms with Gasteiger partial charge in [-0.05, 0) is 23.5 Å². The minimum atomic E-state index is -4.76. The van der Waals surface area contributed by atoms with Crippen LogP contribution in [0.1, 0.15) is 16.7 Å². The quantitative estimate of drug-likeness (QED) is 0.348. The Kier molecular flexibility index (Phi) is 6.85. The molecule has 4 N–H and O–H groups in total. The fourth-order valence-corrected chi connectivity index (χ4v) is 3.90. The van der Waals surface area contributed by atoms with Gasteiger partial charge in [-0.3, -0.25) is 9.32 Å². The van der Waals surface area contributed by atoms with Crippen molar-refractivity contribution in [3.8, 4) is 23.4 Å². The average molecular weight is 511 g/mol. The lowest BCUT2D eigenvalue weighted by atomic mass is 10.0. The number of thioether (sulfide) groups is 1. The van der Waals surface area contributed by atoms with E-state index in [1.54, 1.807) is 6.07 Å². The van der Waals surface area contributed by atoms with Crippen LogP contribution in [0.15, 0.2) is 32.5 Å². The number of carbonyl (C=O) groups excluding carboxylic acids is 1. The Morgan fingerprint density at radius 2 is 2.03 bits per heavy atom. The third-order valence-corrected chi connectivity index (χ3v) is 5.57. The van der Waals surface area contributed by atoms with Crippen molar-refractivity contribution < 1.29 is 27.2 Å². The molecule has 0 aliphatic heterocycles. The van der Waals surface area contributed by atoms with Crippen molar-refractivity contribution in [1.29, 1.82) is 10.5 Å². The summed E-state index contributed by atoms with van der Waals surface area (Å²) in [6.45, 7) is 0. The number of nitrogens with one attached hydrogen (secondary N) is 2. The molecule has 0 aliphatic carbocycles. The van der Waals surface area contributed by atoms with Gasteiger partial charge < -0.3 is 11.1 Å². The van der Waals surface area contributed by atoms with Crippen LogP contribution in [-0.4, -0.2) is 21.9 Å². The number of alkyl halides is 3. The summed E-state index contributed by atoms with van der Waals surface area (Å²) in [5.41, 5.74) is 2.45. The number of pyridine rings is 1. The number of hydrogen-bond acceptors (Lipinski definition) is 8. The third-order valence-electron chi connectivity index (χ3n) is 4.36. The van der Waals surface area contributed by atoms with E-state index in [-0.39, 0.29) is 38.3 Å². The smallest absolute Gasteiger partial charge is 0.383 e. The first-order valence-corrected chi connectivity index (χ1v) is 10.3. The van der Waals surface area contributed by atoms with Gasteiger partial charge in [0.1, 0.15) is 34.1 Å². The van der Waals surface area contributed by atoms with Crippen molar-refractivity contribution in [2.75, 3.05) is 16.8 Å². The number of nitrogens with two attached hydrogens (primary N) is 1. The minimum Gasteiger partial charge on any atom is -0.383 e. The first-order valence-electron chi connectivity index (χ1n) is 8.98. The summed E-state index contributed by atoms with van der Waals surface area (Å²) in [6, 6.07) is 6.47. The van der Waals surface area contributed by atoms with E-state index >= 15 is 0 Å². The molecule has 0 aliphatic rings. The Labute approximate surface area is 197 Å². The molecule has 0 atom stereocenters. The topological polar surface area (TPSA) is 165 Å². The van der Waals surface area contributed by atoms with E-state index in [1.165, 1.54) is 13.1 Å². The number of nitrogens with zero attached hydrogens (tertiary/aromatic N) is 4. The highest BCUT2D eigenvalue weighted by Crippen LogP contribution is 2.37. The van der Waals surface area contributed by atoms with Gasteiger partial charge in [-0.25, -0.2) is 9.78 Å². The first kappa shape index (κ1) is 24.6. The number of anilines is 2. The van der Waals surface area contributed by atoms with Crippen molar-refractivity contribution >= 4 is 40.8 Å². The summed E-state index contributed by atoms with van der Waals surface area (Å²) in [5.74, 6) is -1.64. The lowest BCUT2D eigenvalue weighted by Crippen LogP contribution is -2.34. The van der Waals surface area contributed by atoms with Crippen LogP contribution in [0.2, 0.25) is 5.02 Å². The van der Waals surface area contributed by atoms with Crippen molar-refractivity contribution in [2.24, 2.45) is 7.05 Å². The van der Waals surface area contributed by atoms with E-state index < -0.39 is 34.7 Å². The van der Waals surface area contributed by atoms with Crippen LogP contribution < -0.4 is 21.4 Å². The zero-order valence-corrected chi connectivity index (χ0v) is 18.5. The number of aryl methyl sites for hydroxylation is 1. The number of hydrogen-bond donors (Lipinski definition) is 3. The van der Waals surface area contributed by atoms with Gasteiger partial charge in [0.05, 0.1) is 22.6 Å². The maximum Gasteiger partial charge on any atom is 0.435 e. The highest BCUT2D eigenvalue weighted by molar-refractivity contribution is 8.00. The molecule has 0 spiro atoms. The molecule has 0 saturated carbocycles. The van der Waals surface area contributed by atoms with Gasteiger partial charge in [0.2, 0.25) is 5.91 Å². The maximum absolute atomic E-state index is 13.2. The molecule has 0 saturated heterocycles. The molecule has 34 heavy (non-hydrogen) atoms. The standard InChI is InChI=1S/C19H11ClF3N7O3S/c1-30-15(18(32)33-29-30)14-9(5-24)16(26)28-17(10(14)6-25)34-7-13(31)27-12-3-2-8(20)4-11(12)19(21,22)23/h2-4H,7H2,1H3,(H3-,26,27,28,29,31,32)/p+1. The van der Waals surface area contributed by atoms with Crippen LogP contribution in [0.25, 0.3) is 11.3 Å². The first-order chi connectivity index (χ1) is 16.0. The highest BCUT2D eigenvalue weighted by Gasteiger charge is 2.34. The van der Waals surface area contributed by atoms with Gasteiger partial charge in [0.15, 0.2) is 7.05 Å². The van der Waals surface area contributed by atoms with Crippen LogP contribution in [0.3, 0.4) is 0 Å². The van der Waals surface area contributed by atoms with Crippen molar-refractivity contribution in [2.45, 2.75) is 11.2 Å². The molecule has 2 heterocycles. The number of aromatic nitrogens is 3. The normalized spacial score (nSPS) is 11.0. The summed E-state index contributed by atoms with van der Waals surface area (Å²) < 4.78 is 45.5. The Balaban J connectivity index is 1.95. The van der Waals surface area contributed by atoms with E-state index in [1.807, 2.05) is 6.07 Å². The van der Waals surface area contributed by atoms with Crippen LogP contribution in [0, 0.1) is 22.7 Å². The van der Waals surface area contributed by atoms with Crippen molar-refractivity contribution in [3.05, 3.63) is 50.3 Å². The Hall–Kier alpha value is -4.01. The van der Waals surface area contributed by atoms with Gasteiger partial charge in [0, 0.05) is 5.02 Å². The van der Waals surface area contributed by atoms with E-state index in [0.29, 0.717) is 17.8 Å². The molecule has 0 bridgehead atoms. The van der Waals surface area contributed by atoms with Crippen LogP contribution in [0.4, 0.5) is 24.7 Å². The zero-order chi connectivity index (χ0) is 25.2. The molecular formula is C19H12ClF3N7O3S+. The molecule has 0 fully saturated rings. The molecule has 15 heteroatoms. The Bertz CT molecular complexity index is 1440. The van der Waals surface area contributed by atoms with Crippen LogP contribution in [0.5, 0.6) is 0 Å². The maximum atomic E-state index is 13.2. The van der Waals surface area contributed by atoms with E-state index in [4.69, 9.17) is 17.3 Å². The van der Waals surface area contributed by atoms with Crippen molar-refractivity contribution in [3.63, 3.8) is 0 Å². The van der Waals surface area contributed by atoms with E-state index in [0.717, 1.165) is 10.7 Å². The zero-order valence-electron chi connectivity index (χ0n) is 17.0. The number of rotatable bonds is 5. The van der Waals surface area contributed by atoms with E-state index in [9.17, 15) is 33.3 Å². The fourth-order valence-electron chi connectivity index (χ4n) is 2.93. The van der Waals surface area contributed by atoms with E-state index in [2.05, 4.69) is 20.1 Å². The van der Waals surface area contributed by atoms with Crippen LogP contribution in [-0.2, 0) is 18.0 Å². The number of H-pyrrole nitrogens is 1. The van der Waals surface area contributed by atoms with Gasteiger partial charge in [-0.15, -0.1) is 0 Å². The number of nitriles is 2. The molecular weight excluding hydrogens is 499 g/mol. The third kappa shape index (κ3) is 4.83. The number of carbonyl (C=O) groups is 1. The summed E-state index contributed by atoms with van der Waals surface area (Å²) in [5, 5.41) is 23.3. The lowest BCUT2D eigenvalue weighted by molar-refractivity contribution is -0.730. The summed E-state index contributed by atoms with van der Waals surface area (Å²) in [6.07, 6.45) is -4.76. The van der Waals surface area contributed by atoms with Gasteiger partial charge in [-0.1, -0.05) is 28.0 Å². The van der Waals surface area contributed by atoms with Crippen molar-refractivity contribution in [1.82, 2.24) is 10.3 Å². The Morgan fingerprint density at radius 1 is 1.35 bits per heavy atom. The molecule has 2 aromatic heterocycles. The SMILES string of the molecule is C[n+]1[nH]oc(=O)c1-c1c(C#N)c(N)nc(SCC(=O)Nc2ccc(Cl)cc2C(F)(F)F)c1C#N. The summed E-state index contributed by atoms with van der Waals surface area (Å²) >= 11 is 6.31. The number of aromatic amines is 1. The second kappa shape index (κ2) is 9.46. The average Bonchev–Trinajstić information content (AvgIpc) is 3.09. The number of nitrogen functional groups attached to an aromatic ring is 1. The van der Waals surface area contributed by atoms with Gasteiger partial charge in [0.25, 0.3) is 0 Å². The molecule has 3 rings (SSSR count). The molecule has 0 unspecified atom stereocenters. The largest absolute Gasteiger partial charge is 0.435 e. The minimum absolute atomic E-state index is 0.114. The molecule has 0 radical (unpaired) electrons. The van der Waals surface area contributed by atoms with Gasteiger partial charge >= 0.3 is 17.5 Å². The fraction of sp³-hybridized carbons (Fsp3) is 0.158. The lowest BCUT2D eigenvalue weighted by Gasteiger charge is -2.14. The predicted octanol–water partition coefficient (Wildman–Crippen LogP) is 2.58. The molecule has 3 aromatic rings. The molecule has 174 valence electrons. The second-order valence-corrected chi connectivity index (χ2v) is 7.96. The second-order valence-electron chi connectivity index (χ2n) is 6.56. The Morgan fingerprint density at radius 3 is 2.59 bits per heavy atom. The molecule has 10 nitrogen and oxygen atoms in total. The molecule has 1 aromatic carbocycles. The predicted molar refractivity (Wildman–Crippen MR) is 113 cm³/mol. The van der Waals surface area contributed by atoms with Crippen LogP contribution >= 0.6 is 23.4 Å². The monoisotopic (exact) mass is 510 g/mol.